The fourth-order valence-electron chi connectivity index (χ4n) is 6.41. The van der Waals surface area contributed by atoms with Gasteiger partial charge in [-0.15, -0.1) is 0 Å². The monoisotopic (exact) mass is 620 g/mol. The maximum atomic E-state index is 12.6. The van der Waals surface area contributed by atoms with Crippen molar-refractivity contribution in [2.75, 3.05) is 11.5 Å². The quantitative estimate of drug-likeness (QED) is 0.172. The molecule has 6 nitrogen and oxygen atoms in total. The number of amides is 1. The molecule has 0 spiro atoms. The van der Waals surface area contributed by atoms with E-state index in [2.05, 4.69) is 34.9 Å². The zero-order chi connectivity index (χ0) is 31.7. The van der Waals surface area contributed by atoms with Gasteiger partial charge < -0.3 is 19.3 Å². The summed E-state index contributed by atoms with van der Waals surface area (Å²) in [6.07, 6.45) is 1.75. The van der Waals surface area contributed by atoms with Crippen molar-refractivity contribution in [1.29, 1.82) is 0 Å². The van der Waals surface area contributed by atoms with Crippen molar-refractivity contribution >= 4 is 40.1 Å². The van der Waals surface area contributed by atoms with Gasteiger partial charge in [0.05, 0.1) is 11.5 Å². The van der Waals surface area contributed by atoms with Crippen LogP contribution in [0.1, 0.15) is 48.7 Å². The Balaban J connectivity index is 1.42. The highest BCUT2D eigenvalue weighted by molar-refractivity contribution is 6.30. The van der Waals surface area contributed by atoms with Crippen molar-refractivity contribution in [2.45, 2.75) is 52.6 Å². The number of carbonyl (C=O) groups is 2. The molecule has 1 amide bonds. The van der Waals surface area contributed by atoms with Gasteiger partial charge >= 0.3 is 5.97 Å². The number of carbonyl (C=O) groups excluding carboxylic acids is 1. The first-order chi connectivity index (χ1) is 21.6. The number of anilines is 1. The number of rotatable bonds is 10. The lowest BCUT2D eigenvalue weighted by Gasteiger charge is -2.24. The van der Waals surface area contributed by atoms with Gasteiger partial charge in [0.25, 0.3) is 0 Å². The van der Waals surface area contributed by atoms with Crippen LogP contribution in [0, 0.1) is 5.41 Å². The number of aromatic nitrogens is 1. The molecule has 0 saturated heterocycles. The molecule has 4 aromatic carbocycles. The van der Waals surface area contributed by atoms with Gasteiger partial charge in [-0.1, -0.05) is 72.3 Å². The Morgan fingerprint density at radius 3 is 2.36 bits per heavy atom. The van der Waals surface area contributed by atoms with Crippen LogP contribution < -0.4 is 9.64 Å². The number of nitrogens with zero attached hydrogens (tertiary/aromatic N) is 2. The average molecular weight is 621 g/mol. The van der Waals surface area contributed by atoms with Crippen molar-refractivity contribution in [2.24, 2.45) is 5.41 Å². The Bertz CT molecular complexity index is 1860. The third kappa shape index (κ3) is 6.34. The number of ether oxygens (including phenoxy) is 1. The predicted octanol–water partition coefficient (Wildman–Crippen LogP) is 7.94. The van der Waals surface area contributed by atoms with Crippen molar-refractivity contribution in [3.8, 4) is 5.75 Å². The topological polar surface area (TPSA) is 71.8 Å². The van der Waals surface area contributed by atoms with E-state index in [1.54, 1.807) is 20.8 Å². The van der Waals surface area contributed by atoms with Crippen molar-refractivity contribution in [3.63, 3.8) is 0 Å². The number of para-hydroxylation sites is 1. The van der Waals surface area contributed by atoms with Crippen LogP contribution in [0.25, 0.3) is 10.9 Å². The number of benzene rings is 4. The Morgan fingerprint density at radius 1 is 0.933 bits per heavy atom. The lowest BCUT2D eigenvalue weighted by atomic mass is 9.85. The molecule has 45 heavy (non-hydrogen) atoms. The molecule has 1 aliphatic heterocycles. The maximum absolute atomic E-state index is 12.6. The van der Waals surface area contributed by atoms with E-state index in [0.29, 0.717) is 36.8 Å². The Morgan fingerprint density at radius 2 is 1.64 bits per heavy atom. The van der Waals surface area contributed by atoms with Crippen LogP contribution in [0.3, 0.4) is 0 Å². The van der Waals surface area contributed by atoms with Gasteiger partial charge in [-0.2, -0.15) is 0 Å². The third-order valence-electron chi connectivity index (χ3n) is 8.78. The van der Waals surface area contributed by atoms with Crippen LogP contribution in [0.5, 0.6) is 5.75 Å². The summed E-state index contributed by atoms with van der Waals surface area (Å²) in [7, 11) is 0. The smallest absolute Gasteiger partial charge is 0.309 e. The number of hydrogen-bond donors (Lipinski definition) is 1. The summed E-state index contributed by atoms with van der Waals surface area (Å²) in [5, 5.41) is 11.8. The van der Waals surface area contributed by atoms with Crippen molar-refractivity contribution < 1.29 is 19.4 Å². The van der Waals surface area contributed by atoms with E-state index in [9.17, 15) is 14.7 Å². The standard InChI is InChI=1S/C38H37ClN2O4/c1-25(42)41-30(20-28-11-7-8-12-34(28)41)24-45-31-17-18-35-33(21-31)32(19-26-9-5-4-6-10-26)36(22-38(2,3)37(43)44)40(35)23-27-13-15-29(39)16-14-27/h4-18,21,30H,19-20,22-24H2,1-3H3,(H,43,44)/t30-/m0/s1. The molecule has 0 bridgehead atoms. The molecule has 1 N–H and O–H groups in total. The van der Waals surface area contributed by atoms with E-state index in [4.69, 9.17) is 16.3 Å². The Hall–Kier alpha value is -4.55. The molecule has 1 aromatic heterocycles. The van der Waals surface area contributed by atoms with E-state index < -0.39 is 11.4 Å². The lowest BCUT2D eigenvalue weighted by molar-refractivity contribution is -0.146. The zero-order valence-corrected chi connectivity index (χ0v) is 26.6. The molecule has 7 heteroatoms. The molecule has 1 atom stereocenters. The minimum Gasteiger partial charge on any atom is -0.491 e. The van der Waals surface area contributed by atoms with Crippen LogP contribution in [0.15, 0.2) is 97.1 Å². The third-order valence-corrected chi connectivity index (χ3v) is 9.03. The van der Waals surface area contributed by atoms with Gasteiger partial charge in [-0.05, 0) is 85.3 Å². The van der Waals surface area contributed by atoms with Crippen LogP contribution in [-0.2, 0) is 35.4 Å². The SMILES string of the molecule is CC(=O)N1c2ccccc2C[C@H]1COc1ccc2c(c1)c(Cc1ccccc1)c(CC(C)(C)C(=O)O)n2Cc1ccc(Cl)cc1. The largest absolute Gasteiger partial charge is 0.491 e. The van der Waals surface area contributed by atoms with Crippen LogP contribution >= 0.6 is 11.6 Å². The predicted molar refractivity (Wildman–Crippen MR) is 179 cm³/mol. The van der Waals surface area contributed by atoms with Gasteiger partial charge in [0, 0.05) is 47.2 Å². The number of hydrogen-bond acceptors (Lipinski definition) is 3. The summed E-state index contributed by atoms with van der Waals surface area (Å²) in [6.45, 7) is 6.09. The highest BCUT2D eigenvalue weighted by atomic mass is 35.5. The fourth-order valence-corrected chi connectivity index (χ4v) is 6.53. The normalized spacial score (nSPS) is 14.5. The number of carboxylic acid groups (broad SMARTS) is 1. The summed E-state index contributed by atoms with van der Waals surface area (Å²) in [6, 6.07) is 32.1. The van der Waals surface area contributed by atoms with Gasteiger partial charge in [-0.25, -0.2) is 0 Å². The fraction of sp³-hybridized carbons (Fsp3) is 0.263. The molecular formula is C38H37ClN2O4. The number of halogens is 1. The molecule has 230 valence electrons. The van der Waals surface area contributed by atoms with E-state index in [-0.39, 0.29) is 11.9 Å². The zero-order valence-electron chi connectivity index (χ0n) is 25.8. The first kappa shape index (κ1) is 30.5. The van der Waals surface area contributed by atoms with E-state index >= 15 is 0 Å². The molecular weight excluding hydrogens is 584 g/mol. The Labute approximate surface area is 268 Å². The van der Waals surface area contributed by atoms with Gasteiger partial charge in [0.15, 0.2) is 0 Å². The summed E-state index contributed by atoms with van der Waals surface area (Å²) in [5.41, 5.74) is 6.41. The molecule has 0 aliphatic carbocycles. The number of fused-ring (bicyclic) bond motifs is 2. The van der Waals surface area contributed by atoms with E-state index in [1.165, 1.54) is 0 Å². The van der Waals surface area contributed by atoms with Crippen molar-refractivity contribution in [3.05, 3.63) is 130 Å². The van der Waals surface area contributed by atoms with Crippen LogP contribution in [0.2, 0.25) is 5.02 Å². The molecule has 0 saturated carbocycles. The maximum Gasteiger partial charge on any atom is 0.309 e. The second kappa shape index (κ2) is 12.4. The van der Waals surface area contributed by atoms with Crippen molar-refractivity contribution in [1.82, 2.24) is 4.57 Å². The number of aliphatic carboxylic acids is 1. The average Bonchev–Trinajstić information content (AvgIpc) is 3.52. The van der Waals surface area contributed by atoms with E-state index in [1.807, 2.05) is 71.6 Å². The highest BCUT2D eigenvalue weighted by Crippen LogP contribution is 2.37. The summed E-state index contributed by atoms with van der Waals surface area (Å²) in [5.74, 6) is -0.129. The van der Waals surface area contributed by atoms with E-state index in [0.717, 1.165) is 51.0 Å². The van der Waals surface area contributed by atoms with Crippen LogP contribution in [-0.4, -0.2) is 34.2 Å². The van der Waals surface area contributed by atoms with Gasteiger partial charge in [0.2, 0.25) is 5.91 Å². The minimum atomic E-state index is -0.982. The van der Waals surface area contributed by atoms with Gasteiger partial charge in [-0.3, -0.25) is 9.59 Å². The highest BCUT2D eigenvalue weighted by Gasteiger charge is 2.33. The molecule has 0 radical (unpaired) electrons. The molecule has 2 heterocycles. The van der Waals surface area contributed by atoms with Crippen LogP contribution in [0.4, 0.5) is 5.69 Å². The second-order valence-electron chi connectivity index (χ2n) is 12.5. The molecule has 0 unspecified atom stereocenters. The molecule has 6 rings (SSSR count). The lowest BCUT2D eigenvalue weighted by Crippen LogP contribution is -2.40. The first-order valence-corrected chi connectivity index (χ1v) is 15.6. The molecule has 1 aliphatic rings. The number of carboxylic acids is 1. The molecule has 0 fully saturated rings. The first-order valence-electron chi connectivity index (χ1n) is 15.3. The Kier molecular flexibility index (Phi) is 8.43. The summed E-state index contributed by atoms with van der Waals surface area (Å²) >= 11 is 6.20. The minimum absolute atomic E-state index is 0.000822. The second-order valence-corrected chi connectivity index (χ2v) is 13.0. The van der Waals surface area contributed by atoms with Gasteiger partial charge in [0.1, 0.15) is 12.4 Å². The molecule has 5 aromatic rings. The summed E-state index contributed by atoms with van der Waals surface area (Å²) < 4.78 is 8.67. The summed E-state index contributed by atoms with van der Waals surface area (Å²) in [4.78, 5) is 26.8.